The maximum atomic E-state index is 4.70. The smallest absolute Gasteiger partial charge is 0.138 e. The van der Waals surface area contributed by atoms with Gasteiger partial charge in [-0.05, 0) is 49.4 Å². The average Bonchev–Trinajstić information content (AvgIpc) is 2.66. The molecule has 0 saturated heterocycles. The van der Waals surface area contributed by atoms with Gasteiger partial charge < -0.3 is 10.2 Å². The second-order valence-electron chi connectivity index (χ2n) is 6.82. The number of aromatic nitrogens is 2. The van der Waals surface area contributed by atoms with Crippen LogP contribution in [0.25, 0.3) is 0 Å². The lowest BCUT2D eigenvalue weighted by atomic mass is 10.0. The van der Waals surface area contributed by atoms with E-state index in [1.54, 1.807) is 0 Å². The maximum Gasteiger partial charge on any atom is 0.138 e. The van der Waals surface area contributed by atoms with Gasteiger partial charge in [0.05, 0.1) is 0 Å². The molecular weight excluding hydrogens is 320 g/mol. The zero-order valence-electron chi connectivity index (χ0n) is 15.4. The van der Waals surface area contributed by atoms with Crippen molar-refractivity contribution in [3.63, 3.8) is 0 Å². The Hall–Kier alpha value is -2.88. The number of hydrogen-bond donors (Lipinski definition) is 1. The highest BCUT2D eigenvalue weighted by Crippen LogP contribution is 2.33. The van der Waals surface area contributed by atoms with Crippen LogP contribution in [0.2, 0.25) is 0 Å². The molecule has 132 valence electrons. The molecule has 0 amide bonds. The van der Waals surface area contributed by atoms with Crippen LogP contribution in [0.4, 0.5) is 17.3 Å². The van der Waals surface area contributed by atoms with Crippen molar-refractivity contribution in [2.75, 3.05) is 16.8 Å². The minimum atomic E-state index is 0.763. The van der Waals surface area contributed by atoms with Crippen molar-refractivity contribution in [3.8, 4) is 0 Å². The number of hydrogen-bond acceptors (Lipinski definition) is 4. The van der Waals surface area contributed by atoms with Crippen molar-refractivity contribution in [1.29, 1.82) is 0 Å². The zero-order chi connectivity index (χ0) is 17.9. The highest BCUT2D eigenvalue weighted by molar-refractivity contribution is 5.67. The van der Waals surface area contributed by atoms with Gasteiger partial charge >= 0.3 is 0 Å². The van der Waals surface area contributed by atoms with Crippen molar-refractivity contribution in [1.82, 2.24) is 9.97 Å². The molecule has 0 saturated carbocycles. The Morgan fingerprint density at radius 1 is 1.00 bits per heavy atom. The molecule has 4 nitrogen and oxygen atoms in total. The summed E-state index contributed by atoms with van der Waals surface area (Å²) in [5.41, 5.74) is 5.23. The van der Waals surface area contributed by atoms with Gasteiger partial charge in [-0.2, -0.15) is 0 Å². The third-order valence-electron chi connectivity index (χ3n) is 4.93. The van der Waals surface area contributed by atoms with Crippen LogP contribution in [-0.4, -0.2) is 16.5 Å². The zero-order valence-corrected chi connectivity index (χ0v) is 15.4. The van der Waals surface area contributed by atoms with E-state index in [9.17, 15) is 0 Å². The van der Waals surface area contributed by atoms with Crippen molar-refractivity contribution in [2.45, 2.75) is 33.2 Å². The second-order valence-corrected chi connectivity index (χ2v) is 6.82. The van der Waals surface area contributed by atoms with E-state index >= 15 is 0 Å². The summed E-state index contributed by atoms with van der Waals surface area (Å²) in [6.07, 6.45) is 2.28. The number of nitrogens with one attached hydrogen (secondary N) is 1. The lowest BCUT2D eigenvalue weighted by molar-refractivity contribution is 0.756. The lowest BCUT2D eigenvalue weighted by Gasteiger charge is -2.30. The minimum Gasteiger partial charge on any atom is -0.366 e. The van der Waals surface area contributed by atoms with Crippen LogP contribution in [0.3, 0.4) is 0 Å². The fourth-order valence-electron chi connectivity index (χ4n) is 3.55. The van der Waals surface area contributed by atoms with Crippen LogP contribution < -0.4 is 10.2 Å². The molecule has 2 aromatic carbocycles. The highest BCUT2D eigenvalue weighted by atomic mass is 15.2. The van der Waals surface area contributed by atoms with Gasteiger partial charge in [-0.15, -0.1) is 0 Å². The molecule has 4 heteroatoms. The molecule has 3 aromatic rings. The predicted molar refractivity (Wildman–Crippen MR) is 107 cm³/mol. The minimum absolute atomic E-state index is 0.763. The molecular formula is C22H24N4. The second kappa shape index (κ2) is 7.16. The predicted octanol–water partition coefficient (Wildman–Crippen LogP) is 4.79. The summed E-state index contributed by atoms with van der Waals surface area (Å²) in [6, 6.07) is 19.1. The van der Waals surface area contributed by atoms with E-state index in [1.165, 1.54) is 22.4 Å². The van der Waals surface area contributed by atoms with Crippen molar-refractivity contribution < 1.29 is 0 Å². The van der Waals surface area contributed by atoms with Crippen LogP contribution in [0.1, 0.15) is 28.9 Å². The Morgan fingerprint density at radius 2 is 1.81 bits per heavy atom. The number of anilines is 3. The summed E-state index contributed by atoms with van der Waals surface area (Å²) in [7, 11) is 0. The van der Waals surface area contributed by atoms with Gasteiger partial charge in [0.15, 0.2) is 0 Å². The van der Waals surface area contributed by atoms with Gasteiger partial charge in [-0.25, -0.2) is 9.97 Å². The van der Waals surface area contributed by atoms with E-state index in [1.807, 2.05) is 6.92 Å². The Morgan fingerprint density at radius 3 is 2.69 bits per heavy atom. The van der Waals surface area contributed by atoms with Crippen LogP contribution >= 0.6 is 0 Å². The van der Waals surface area contributed by atoms with Crippen molar-refractivity contribution >= 4 is 17.3 Å². The van der Waals surface area contributed by atoms with Crippen LogP contribution in [0, 0.1) is 13.8 Å². The van der Waals surface area contributed by atoms with Crippen LogP contribution in [0.5, 0.6) is 0 Å². The highest BCUT2D eigenvalue weighted by Gasteiger charge is 2.19. The van der Waals surface area contributed by atoms with Gasteiger partial charge in [0.1, 0.15) is 17.5 Å². The van der Waals surface area contributed by atoms with Gasteiger partial charge in [-0.3, -0.25) is 0 Å². The molecule has 2 heterocycles. The number of fused-ring (bicyclic) bond motifs is 1. The van der Waals surface area contributed by atoms with E-state index < -0.39 is 0 Å². The lowest BCUT2D eigenvalue weighted by Crippen LogP contribution is -2.25. The molecule has 0 unspecified atom stereocenters. The molecule has 4 rings (SSSR count). The fourth-order valence-corrected chi connectivity index (χ4v) is 3.55. The van der Waals surface area contributed by atoms with Crippen LogP contribution in [-0.2, 0) is 13.0 Å². The standard InChI is InChI=1S/C22H24N4/c1-16-8-3-4-10-19(16)15-23-21-14-22(25-17(2)24-21)26-13-7-11-18-9-5-6-12-20(18)26/h3-6,8-10,12,14H,7,11,13,15H2,1-2H3,(H,23,24,25). The molecule has 1 aliphatic heterocycles. The molecule has 1 N–H and O–H groups in total. The van der Waals surface area contributed by atoms with Crippen molar-refractivity contribution in [2.24, 2.45) is 0 Å². The van der Waals surface area contributed by atoms with Gasteiger partial charge in [-0.1, -0.05) is 42.5 Å². The first-order valence-corrected chi connectivity index (χ1v) is 9.20. The number of rotatable bonds is 4. The topological polar surface area (TPSA) is 41.1 Å². The van der Waals surface area contributed by atoms with E-state index in [0.29, 0.717) is 0 Å². The number of nitrogens with zero attached hydrogens (tertiary/aromatic N) is 3. The Kier molecular flexibility index (Phi) is 4.57. The van der Waals surface area contributed by atoms with E-state index in [2.05, 4.69) is 76.7 Å². The largest absolute Gasteiger partial charge is 0.366 e. The summed E-state index contributed by atoms with van der Waals surface area (Å²) >= 11 is 0. The third kappa shape index (κ3) is 3.40. The van der Waals surface area contributed by atoms with Crippen molar-refractivity contribution in [3.05, 3.63) is 77.1 Å². The summed E-state index contributed by atoms with van der Waals surface area (Å²) < 4.78 is 0. The third-order valence-corrected chi connectivity index (χ3v) is 4.93. The molecule has 0 fully saturated rings. The van der Waals surface area contributed by atoms with Gasteiger partial charge in [0, 0.05) is 24.8 Å². The fraction of sp³-hybridized carbons (Fsp3) is 0.273. The number of para-hydroxylation sites is 1. The normalized spacial score (nSPS) is 13.4. The Labute approximate surface area is 154 Å². The maximum absolute atomic E-state index is 4.70. The Balaban J connectivity index is 1.60. The monoisotopic (exact) mass is 344 g/mol. The van der Waals surface area contributed by atoms with E-state index in [0.717, 1.165) is 43.4 Å². The van der Waals surface area contributed by atoms with Crippen LogP contribution in [0.15, 0.2) is 54.6 Å². The SMILES string of the molecule is Cc1nc(NCc2ccccc2C)cc(N2CCCc3ccccc32)n1. The first-order chi connectivity index (χ1) is 12.7. The molecule has 1 aliphatic rings. The average molecular weight is 344 g/mol. The van der Waals surface area contributed by atoms with E-state index in [-0.39, 0.29) is 0 Å². The molecule has 26 heavy (non-hydrogen) atoms. The first-order valence-electron chi connectivity index (χ1n) is 9.20. The van der Waals surface area contributed by atoms with Gasteiger partial charge in [0.2, 0.25) is 0 Å². The summed E-state index contributed by atoms with van der Waals surface area (Å²) in [6.45, 7) is 5.85. The van der Waals surface area contributed by atoms with Gasteiger partial charge in [0.25, 0.3) is 0 Å². The quantitative estimate of drug-likeness (QED) is 0.739. The Bertz CT molecular complexity index is 920. The molecule has 0 atom stereocenters. The number of benzene rings is 2. The number of aryl methyl sites for hydroxylation is 3. The summed E-state index contributed by atoms with van der Waals surface area (Å²) in [5, 5.41) is 3.47. The summed E-state index contributed by atoms with van der Waals surface area (Å²) in [4.78, 5) is 11.6. The molecule has 0 bridgehead atoms. The molecule has 0 radical (unpaired) electrons. The van der Waals surface area contributed by atoms with E-state index in [4.69, 9.17) is 4.98 Å². The summed E-state index contributed by atoms with van der Waals surface area (Å²) in [5.74, 6) is 2.63. The molecule has 0 spiro atoms. The first kappa shape index (κ1) is 16.6. The molecule has 1 aromatic heterocycles. The molecule has 0 aliphatic carbocycles.